The Morgan fingerprint density at radius 3 is 1.31 bits per heavy atom. The molecule has 3 saturated heterocycles. The first-order valence-corrected chi connectivity index (χ1v) is 42.0. The fraction of sp³-hybridized carbons (Fsp3) is 0.312. The predicted molar refractivity (Wildman–Crippen MR) is 477 cm³/mol. The summed E-state index contributed by atoms with van der Waals surface area (Å²) in [6.07, 6.45) is 8.52. The molecule has 18 rings (SSSR count). The molecule has 0 radical (unpaired) electrons. The van der Waals surface area contributed by atoms with Crippen molar-refractivity contribution in [3.8, 4) is 73.8 Å². The maximum Gasteiger partial charge on any atom is 0.355 e. The second-order valence-electron chi connectivity index (χ2n) is 33.6. The van der Waals surface area contributed by atoms with Crippen LogP contribution in [0.25, 0.3) is 83.9 Å². The van der Waals surface area contributed by atoms with E-state index in [0.29, 0.717) is 63.9 Å². The van der Waals surface area contributed by atoms with Crippen LogP contribution in [0.4, 0.5) is 55.2 Å². The molecule has 670 valence electrons. The average molecular weight is 1780 g/mol. The number of aromatic nitrogens is 12. The molecular weight excluding hydrogens is 1690 g/mol. The third kappa shape index (κ3) is 14.8. The summed E-state index contributed by atoms with van der Waals surface area (Å²) in [5, 5.41) is 35.4. The highest BCUT2D eigenvalue weighted by atomic mass is 19.1. The molecule has 5 unspecified atom stereocenters. The summed E-state index contributed by atoms with van der Waals surface area (Å²) in [7, 11) is 1.36. The molecule has 130 heavy (non-hydrogen) atoms. The number of carbonyl (C=O) groups excluding carboxylic acids is 4. The van der Waals surface area contributed by atoms with Gasteiger partial charge < -0.3 is 59.7 Å². The van der Waals surface area contributed by atoms with Crippen LogP contribution in [0.15, 0.2) is 144 Å². The topological polar surface area (TPSA) is 355 Å². The van der Waals surface area contributed by atoms with Crippen molar-refractivity contribution in [2.75, 3.05) is 90.9 Å². The zero-order valence-electron chi connectivity index (χ0n) is 72.9. The lowest BCUT2D eigenvalue weighted by atomic mass is 10.0. The minimum atomic E-state index is -1.09. The summed E-state index contributed by atoms with van der Waals surface area (Å²) >= 11 is 0. The maximum absolute atomic E-state index is 16.8. The summed E-state index contributed by atoms with van der Waals surface area (Å²) in [6, 6.07) is 13.4. The third-order valence-electron chi connectivity index (χ3n) is 24.3. The van der Waals surface area contributed by atoms with Gasteiger partial charge in [0, 0.05) is 83.5 Å². The first-order valence-electron chi connectivity index (χ1n) is 42.0. The predicted octanol–water partition coefficient (Wildman–Crippen LogP) is 12.0. The van der Waals surface area contributed by atoms with Crippen LogP contribution in [0, 0.1) is 55.7 Å². The average Bonchev–Trinajstić information content (AvgIpc) is 1.44. The number of hydrogen-bond donors (Lipinski definition) is 4. The van der Waals surface area contributed by atoms with Crippen molar-refractivity contribution >= 4 is 85.6 Å². The van der Waals surface area contributed by atoms with Crippen LogP contribution in [0.1, 0.15) is 107 Å². The number of ether oxygens (including phenoxy) is 1. The van der Waals surface area contributed by atoms with Crippen molar-refractivity contribution in [2.45, 2.75) is 124 Å². The van der Waals surface area contributed by atoms with Gasteiger partial charge >= 0.3 is 17.1 Å². The molecule has 0 aliphatic carbocycles. The van der Waals surface area contributed by atoms with E-state index in [1.165, 1.54) is 74.2 Å². The third-order valence-corrected chi connectivity index (χ3v) is 24.3. The van der Waals surface area contributed by atoms with E-state index in [-0.39, 0.29) is 167 Å². The zero-order valence-corrected chi connectivity index (χ0v) is 72.9. The van der Waals surface area contributed by atoms with Crippen LogP contribution in [0.2, 0.25) is 0 Å². The smallest absolute Gasteiger partial charge is 0.355 e. The molecule has 37 heteroatoms. The van der Waals surface area contributed by atoms with E-state index in [2.05, 4.69) is 69.9 Å². The van der Waals surface area contributed by atoms with Gasteiger partial charge in [0.05, 0.1) is 91.6 Å². The summed E-state index contributed by atoms with van der Waals surface area (Å²) in [5.74, 6) is -9.09. The van der Waals surface area contributed by atoms with E-state index in [1.54, 1.807) is 58.4 Å². The Balaban J connectivity index is 0.000000143. The maximum atomic E-state index is 16.8. The van der Waals surface area contributed by atoms with Gasteiger partial charge in [-0.1, -0.05) is 79.5 Å². The molecule has 0 bridgehead atoms. The molecule has 3 aromatic carbocycles. The number of piperazine rings is 3. The van der Waals surface area contributed by atoms with Gasteiger partial charge in [-0.05, 0) is 142 Å². The van der Waals surface area contributed by atoms with Crippen molar-refractivity contribution in [3.05, 3.63) is 229 Å². The van der Waals surface area contributed by atoms with E-state index in [0.717, 1.165) is 29.2 Å². The van der Waals surface area contributed by atoms with Crippen LogP contribution in [-0.4, -0.2) is 208 Å². The molecule has 9 aromatic heterocycles. The number of carbonyl (C=O) groups is 4. The first kappa shape index (κ1) is 88.5. The Labute approximate surface area is 739 Å². The molecule has 0 saturated carbocycles. The van der Waals surface area contributed by atoms with Gasteiger partial charge in [0.2, 0.25) is 17.7 Å². The molecule has 3 fully saturated rings. The Bertz CT molecular complexity index is 6680. The van der Waals surface area contributed by atoms with Crippen LogP contribution < -0.4 is 46.7 Å². The van der Waals surface area contributed by atoms with Crippen LogP contribution >= 0.6 is 0 Å². The Morgan fingerprint density at radius 1 is 0.477 bits per heavy atom. The summed E-state index contributed by atoms with van der Waals surface area (Å²) < 4.78 is 105. The van der Waals surface area contributed by atoms with Gasteiger partial charge in [-0.15, -0.1) is 0 Å². The summed E-state index contributed by atoms with van der Waals surface area (Å²) in [5.41, 5.74) is -0.546. The highest BCUT2D eigenvalue weighted by molar-refractivity contribution is 6.13. The lowest BCUT2D eigenvalue weighted by Crippen LogP contribution is -2.61. The number of anilines is 5. The second kappa shape index (κ2) is 34.3. The van der Waals surface area contributed by atoms with Gasteiger partial charge in [-0.3, -0.25) is 34.1 Å². The molecular formula is C93H90F6N20O11. The largest absolute Gasteiger partial charge is 0.507 e. The standard InChI is InChI=1S/C31H29F2N7O4.C31H31F2N7O3.C31H30F2N6O4/c1-6-20(42)38-12-13-39-18(14-38)30(43)37(5)27-22-28(39)36-31(44)40(26-16(4)10-11-34-24(26)15(2)3)29(22)35-25(23(27)33)21-17(32)8-7-9-19(21)41;1-6-21(42)38-13-17(5)39-18(14-38)12-35-26-23-29(36-27(24(26)33)22-19(32)8-7-9-20(22)41)40(31(43)37-30(23)39)28-16(4)10-11-34-25(28)15(2)3;1-6-21(41)37-12-17(5)38-18(13-37)14-43-28-23-29(35-26(24(28)33)22-19(32)8-7-9-20(22)40)39(31(42)36-30(23)38)27-16(4)10-11-34-25(27)15(2)3/h6-11,15,18,41H,1,12-14H2,2-5H3;6-11,15,17-18,35,41H,1,12-14H2,2-5H3;6-11,15,17-18,40H,1,12-14H2,2-5H3. The summed E-state index contributed by atoms with van der Waals surface area (Å²) in [4.78, 5) is 146. The van der Waals surface area contributed by atoms with E-state index >= 15 is 26.3 Å². The van der Waals surface area contributed by atoms with Crippen molar-refractivity contribution in [3.63, 3.8) is 0 Å². The molecule has 4 amide bonds. The monoisotopic (exact) mass is 1780 g/mol. The highest BCUT2D eigenvalue weighted by Gasteiger charge is 2.47. The lowest BCUT2D eigenvalue weighted by Gasteiger charge is -2.45. The number of benzene rings is 3. The number of halogens is 6. The SMILES string of the molecule is C=CC(=O)N1CC(C)N2c3nc(=O)n(-c4c(C)ccnc4C(C)C)c4nc(-c5c(O)cccc5F)c(F)c(c34)NCC2C1.C=CC(=O)N1CC(C)N2c3nc(=O)n(-c4c(C)ccnc4C(C)C)c4nc(-c5c(O)cccc5F)c(F)c(c34)OCC2C1.C=CC(=O)N1CCN2c3nc(=O)n(-c4c(C)ccnc4C(C)C)c4nc(-c5c(O)cccc5F)c(F)c(c34)N(C)C(=O)C2C1. The molecule has 0 spiro atoms. The molecule has 6 aliphatic rings. The van der Waals surface area contributed by atoms with Gasteiger partial charge in [-0.2, -0.15) is 15.0 Å². The van der Waals surface area contributed by atoms with Crippen molar-refractivity contribution in [1.29, 1.82) is 0 Å². The van der Waals surface area contributed by atoms with Crippen LogP contribution in [0.3, 0.4) is 0 Å². The molecule has 4 N–H and O–H groups in total. The first-order chi connectivity index (χ1) is 62.0. The van der Waals surface area contributed by atoms with Crippen LogP contribution in [0.5, 0.6) is 23.0 Å². The van der Waals surface area contributed by atoms with E-state index < -0.39 is 121 Å². The molecule has 12 aromatic rings. The number of aromatic hydroxyl groups is 3. The fourth-order valence-corrected chi connectivity index (χ4v) is 18.3. The quantitative estimate of drug-likeness (QED) is 0.0652. The van der Waals surface area contributed by atoms with Crippen molar-refractivity contribution in [2.24, 2.45) is 0 Å². The Morgan fingerprint density at radius 2 is 0.869 bits per heavy atom. The number of rotatable bonds is 12. The molecule has 31 nitrogen and oxygen atoms in total. The Hall–Kier alpha value is -14.9. The molecule has 6 aliphatic heterocycles. The summed E-state index contributed by atoms with van der Waals surface area (Å²) in [6.45, 7) is 32.9. The lowest BCUT2D eigenvalue weighted by molar-refractivity contribution is -0.129. The normalized spacial score (nSPS) is 17.4. The van der Waals surface area contributed by atoms with E-state index in [4.69, 9.17) is 4.74 Å². The number of nitrogens with zero attached hydrogens (tertiary/aromatic N) is 19. The number of likely N-dealkylation sites (N-methyl/N-ethyl adjacent to an activating group) is 1. The fourth-order valence-electron chi connectivity index (χ4n) is 18.3. The van der Waals surface area contributed by atoms with E-state index in [9.17, 15) is 48.9 Å². The van der Waals surface area contributed by atoms with E-state index in [1.807, 2.05) is 79.0 Å². The highest BCUT2D eigenvalue weighted by Crippen LogP contribution is 2.50. The number of nitrogens with one attached hydrogen (secondary N) is 1. The number of amides is 4. The second-order valence-corrected chi connectivity index (χ2v) is 33.6. The van der Waals surface area contributed by atoms with Gasteiger partial charge in [0.1, 0.15) is 87.3 Å². The van der Waals surface area contributed by atoms with Gasteiger partial charge in [0.25, 0.3) is 5.91 Å². The Kier molecular flexibility index (Phi) is 23.4. The minimum absolute atomic E-state index is 0.00741. The number of hydrogen-bond acceptors (Lipinski definition) is 24. The molecule has 15 heterocycles. The minimum Gasteiger partial charge on any atom is -0.507 e. The van der Waals surface area contributed by atoms with Crippen LogP contribution in [-0.2, 0) is 19.2 Å². The number of fused-ring (bicyclic) bond motifs is 6. The van der Waals surface area contributed by atoms with Crippen molar-refractivity contribution < 1.29 is 65.6 Å². The van der Waals surface area contributed by atoms with Gasteiger partial charge in [0.15, 0.2) is 40.1 Å². The number of pyridine rings is 6. The van der Waals surface area contributed by atoms with Crippen molar-refractivity contribution in [1.82, 2.24) is 73.3 Å². The number of phenolic OH excluding ortho intramolecular Hbond substituents is 3. The number of aryl methyl sites for hydroxylation is 3. The zero-order chi connectivity index (χ0) is 93.1. The number of phenols is 3. The molecule has 5 atom stereocenters. The van der Waals surface area contributed by atoms with Gasteiger partial charge in [-0.25, -0.2) is 69.4 Å².